The highest BCUT2D eigenvalue weighted by Gasteiger charge is 2.11. The number of aryl methyl sites for hydroxylation is 1. The zero-order chi connectivity index (χ0) is 21.1. The van der Waals surface area contributed by atoms with Crippen LogP contribution in [0.4, 0.5) is 5.69 Å². The highest BCUT2D eigenvalue weighted by molar-refractivity contribution is 6.04. The van der Waals surface area contributed by atoms with E-state index in [1.807, 2.05) is 60.1 Å². The molecule has 4 aromatic rings. The molecule has 150 valence electrons. The average molecular weight is 401 g/mol. The molecular formula is C23H19N3O4. The average Bonchev–Trinajstić information content (AvgIpc) is 3.10. The molecule has 0 fully saturated rings. The highest BCUT2D eigenvalue weighted by Crippen LogP contribution is 2.25. The number of carbonyl (C=O) groups is 2. The van der Waals surface area contributed by atoms with E-state index in [9.17, 15) is 9.59 Å². The second-order valence-electron chi connectivity index (χ2n) is 6.72. The number of nitrogens with zero attached hydrogens (tertiary/aromatic N) is 2. The summed E-state index contributed by atoms with van der Waals surface area (Å²) in [6.07, 6.45) is 0. The van der Waals surface area contributed by atoms with Crippen LogP contribution >= 0.6 is 0 Å². The van der Waals surface area contributed by atoms with Crippen LogP contribution in [-0.4, -0.2) is 33.1 Å². The normalized spacial score (nSPS) is 10.7. The fourth-order valence-electron chi connectivity index (χ4n) is 3.18. The summed E-state index contributed by atoms with van der Waals surface area (Å²) < 4.78 is 7.15. The van der Waals surface area contributed by atoms with Crippen molar-refractivity contribution in [2.75, 3.05) is 11.9 Å². The van der Waals surface area contributed by atoms with E-state index in [2.05, 4.69) is 10.3 Å². The quantitative estimate of drug-likeness (QED) is 0.510. The first-order chi connectivity index (χ1) is 14.5. The van der Waals surface area contributed by atoms with Crippen LogP contribution in [0.3, 0.4) is 0 Å². The molecule has 0 unspecified atom stereocenters. The monoisotopic (exact) mass is 401 g/mol. The van der Waals surface area contributed by atoms with Gasteiger partial charge in [-0.3, -0.25) is 4.79 Å². The van der Waals surface area contributed by atoms with E-state index in [1.54, 1.807) is 18.2 Å². The molecule has 7 heteroatoms. The fraction of sp³-hybridized carbons (Fsp3) is 0.0870. The largest absolute Gasteiger partial charge is 0.482 e. The van der Waals surface area contributed by atoms with Gasteiger partial charge in [0.2, 0.25) is 0 Å². The van der Waals surface area contributed by atoms with Gasteiger partial charge in [0.15, 0.2) is 6.61 Å². The standard InChI is InChI=1S/C23H19N3O4/c1-26-20-8-3-2-7-19(20)25-22(26)15-9-11-17(12-10-15)24-23(29)16-5-4-6-18(13-16)30-14-21(27)28/h2-13H,14H2,1H3,(H,24,29)(H,27,28). The number of ether oxygens (including phenoxy) is 1. The van der Waals surface area contributed by atoms with Gasteiger partial charge in [0.25, 0.3) is 5.91 Å². The van der Waals surface area contributed by atoms with Crippen molar-refractivity contribution in [2.45, 2.75) is 0 Å². The Labute approximate surface area is 172 Å². The molecule has 0 radical (unpaired) electrons. The Hall–Kier alpha value is -4.13. The zero-order valence-corrected chi connectivity index (χ0v) is 16.2. The predicted octanol–water partition coefficient (Wildman–Crippen LogP) is 3.96. The molecule has 7 nitrogen and oxygen atoms in total. The number of aromatic nitrogens is 2. The molecule has 2 N–H and O–H groups in total. The van der Waals surface area contributed by atoms with Gasteiger partial charge in [-0.05, 0) is 54.6 Å². The Morgan fingerprint density at radius 2 is 1.80 bits per heavy atom. The molecule has 0 saturated carbocycles. The van der Waals surface area contributed by atoms with E-state index < -0.39 is 12.6 Å². The third kappa shape index (κ3) is 4.00. The van der Waals surface area contributed by atoms with Crippen molar-refractivity contribution in [3.8, 4) is 17.1 Å². The maximum atomic E-state index is 12.5. The number of carbonyl (C=O) groups excluding carboxylic acids is 1. The van der Waals surface area contributed by atoms with Crippen LogP contribution in [-0.2, 0) is 11.8 Å². The summed E-state index contributed by atoms with van der Waals surface area (Å²) in [5.41, 5.74) is 3.93. The Morgan fingerprint density at radius 3 is 2.53 bits per heavy atom. The van der Waals surface area contributed by atoms with E-state index in [4.69, 9.17) is 9.84 Å². The summed E-state index contributed by atoms with van der Waals surface area (Å²) in [5.74, 6) is -0.226. The Bertz CT molecular complexity index is 1230. The molecule has 1 aromatic heterocycles. The first kappa shape index (κ1) is 19.2. The van der Waals surface area contributed by atoms with Gasteiger partial charge in [-0.1, -0.05) is 18.2 Å². The van der Waals surface area contributed by atoms with Crippen molar-refractivity contribution in [3.63, 3.8) is 0 Å². The molecule has 4 rings (SSSR count). The van der Waals surface area contributed by atoms with Crippen LogP contribution in [0.5, 0.6) is 5.75 Å². The van der Waals surface area contributed by atoms with Crippen LogP contribution in [0.2, 0.25) is 0 Å². The van der Waals surface area contributed by atoms with Gasteiger partial charge in [0.05, 0.1) is 11.0 Å². The lowest BCUT2D eigenvalue weighted by molar-refractivity contribution is -0.139. The summed E-state index contributed by atoms with van der Waals surface area (Å²) in [7, 11) is 1.97. The van der Waals surface area contributed by atoms with Gasteiger partial charge in [-0.2, -0.15) is 0 Å². The van der Waals surface area contributed by atoms with E-state index >= 15 is 0 Å². The number of aliphatic carboxylic acids is 1. The minimum Gasteiger partial charge on any atom is -0.482 e. The minimum absolute atomic E-state index is 0.314. The Kier molecular flexibility index (Phi) is 5.17. The molecule has 0 aliphatic carbocycles. The van der Waals surface area contributed by atoms with Crippen molar-refractivity contribution in [2.24, 2.45) is 7.05 Å². The third-order valence-electron chi connectivity index (χ3n) is 4.65. The summed E-state index contributed by atoms with van der Waals surface area (Å²) in [4.78, 5) is 27.8. The fourth-order valence-corrected chi connectivity index (χ4v) is 3.18. The number of para-hydroxylation sites is 2. The van der Waals surface area contributed by atoms with Crippen molar-refractivity contribution in [3.05, 3.63) is 78.4 Å². The maximum absolute atomic E-state index is 12.5. The summed E-state index contributed by atoms with van der Waals surface area (Å²) in [6.45, 7) is -0.464. The predicted molar refractivity (Wildman–Crippen MR) is 114 cm³/mol. The smallest absolute Gasteiger partial charge is 0.341 e. The SMILES string of the molecule is Cn1c(-c2ccc(NC(=O)c3cccc(OCC(=O)O)c3)cc2)nc2ccccc21. The lowest BCUT2D eigenvalue weighted by Crippen LogP contribution is -2.13. The van der Waals surface area contributed by atoms with Gasteiger partial charge in [0.1, 0.15) is 11.6 Å². The third-order valence-corrected chi connectivity index (χ3v) is 4.65. The summed E-state index contributed by atoms with van der Waals surface area (Å²) >= 11 is 0. The van der Waals surface area contributed by atoms with Gasteiger partial charge >= 0.3 is 5.97 Å². The first-order valence-corrected chi connectivity index (χ1v) is 9.29. The number of amides is 1. The molecule has 0 spiro atoms. The highest BCUT2D eigenvalue weighted by atomic mass is 16.5. The second kappa shape index (κ2) is 8.08. The van der Waals surface area contributed by atoms with Gasteiger partial charge < -0.3 is 19.7 Å². The molecule has 0 bridgehead atoms. The molecule has 30 heavy (non-hydrogen) atoms. The molecule has 0 aliphatic rings. The molecule has 1 heterocycles. The van der Waals surface area contributed by atoms with Crippen molar-refractivity contribution in [1.29, 1.82) is 0 Å². The van der Waals surface area contributed by atoms with Crippen molar-refractivity contribution in [1.82, 2.24) is 9.55 Å². The number of carboxylic acid groups (broad SMARTS) is 1. The minimum atomic E-state index is -1.08. The number of fused-ring (bicyclic) bond motifs is 1. The van der Waals surface area contributed by atoms with Crippen molar-refractivity contribution < 1.29 is 19.4 Å². The Balaban J connectivity index is 1.49. The number of nitrogens with one attached hydrogen (secondary N) is 1. The summed E-state index contributed by atoms with van der Waals surface area (Å²) in [5, 5.41) is 11.5. The number of anilines is 1. The number of benzene rings is 3. The van der Waals surface area contributed by atoms with Crippen LogP contribution < -0.4 is 10.1 Å². The van der Waals surface area contributed by atoms with Crippen LogP contribution in [0.25, 0.3) is 22.4 Å². The van der Waals surface area contributed by atoms with Crippen LogP contribution in [0, 0.1) is 0 Å². The van der Waals surface area contributed by atoms with E-state index in [0.717, 1.165) is 22.4 Å². The van der Waals surface area contributed by atoms with E-state index in [-0.39, 0.29) is 5.91 Å². The Morgan fingerprint density at radius 1 is 1.03 bits per heavy atom. The lowest BCUT2D eigenvalue weighted by atomic mass is 10.1. The van der Waals surface area contributed by atoms with Gasteiger partial charge in [-0.25, -0.2) is 9.78 Å². The van der Waals surface area contributed by atoms with Crippen LogP contribution in [0.1, 0.15) is 10.4 Å². The number of hydrogen-bond donors (Lipinski definition) is 2. The number of hydrogen-bond acceptors (Lipinski definition) is 4. The lowest BCUT2D eigenvalue weighted by Gasteiger charge is -2.09. The van der Waals surface area contributed by atoms with Crippen LogP contribution in [0.15, 0.2) is 72.8 Å². The molecule has 0 aliphatic heterocycles. The topological polar surface area (TPSA) is 93.5 Å². The first-order valence-electron chi connectivity index (χ1n) is 9.29. The number of carboxylic acids is 1. The zero-order valence-electron chi connectivity index (χ0n) is 16.2. The second-order valence-corrected chi connectivity index (χ2v) is 6.72. The van der Waals surface area contributed by atoms with E-state index in [1.165, 1.54) is 6.07 Å². The molecule has 0 atom stereocenters. The van der Waals surface area contributed by atoms with Crippen molar-refractivity contribution >= 4 is 28.6 Å². The number of rotatable bonds is 6. The van der Waals surface area contributed by atoms with Gasteiger partial charge in [0, 0.05) is 23.9 Å². The summed E-state index contributed by atoms with van der Waals surface area (Å²) in [6, 6.07) is 21.8. The number of imidazole rings is 1. The molecular weight excluding hydrogens is 382 g/mol. The maximum Gasteiger partial charge on any atom is 0.341 e. The molecule has 0 saturated heterocycles. The molecule has 3 aromatic carbocycles. The van der Waals surface area contributed by atoms with E-state index in [0.29, 0.717) is 17.0 Å². The molecule has 1 amide bonds. The van der Waals surface area contributed by atoms with Gasteiger partial charge in [-0.15, -0.1) is 0 Å².